The second kappa shape index (κ2) is 14.8. The van der Waals surface area contributed by atoms with Gasteiger partial charge < -0.3 is 9.80 Å². The Morgan fingerprint density at radius 3 is 1.02 bits per heavy atom. The zero-order valence-corrected chi connectivity index (χ0v) is 34.9. The van der Waals surface area contributed by atoms with Gasteiger partial charge in [-0.05, 0) is 153 Å². The molecule has 282 valence electrons. The van der Waals surface area contributed by atoms with Gasteiger partial charge >= 0.3 is 0 Å². The molecule has 0 aliphatic carbocycles. The molecule has 0 radical (unpaired) electrons. The van der Waals surface area contributed by atoms with E-state index in [1.54, 1.807) is 0 Å². The molecule has 0 saturated carbocycles. The number of anilines is 6. The van der Waals surface area contributed by atoms with Crippen LogP contribution in [0.1, 0.15) is 112 Å². The largest absolute Gasteiger partial charge is 0.310 e. The van der Waals surface area contributed by atoms with Gasteiger partial charge in [-0.25, -0.2) is 0 Å². The van der Waals surface area contributed by atoms with E-state index in [0.717, 1.165) is 0 Å². The zero-order valence-electron chi connectivity index (χ0n) is 34.9. The van der Waals surface area contributed by atoms with Gasteiger partial charge in [0.1, 0.15) is 0 Å². The minimum Gasteiger partial charge on any atom is -0.310 e. The Balaban J connectivity index is 1.49. The summed E-state index contributed by atoms with van der Waals surface area (Å²) in [6.07, 6.45) is 0. The first-order valence-corrected chi connectivity index (χ1v) is 20.6. The molecular weight excluding hydrogens is 677 g/mol. The van der Waals surface area contributed by atoms with Crippen molar-refractivity contribution in [2.45, 2.75) is 92.9 Å². The number of aryl methyl sites for hydroxylation is 2. The first-order chi connectivity index (χ1) is 26.9. The first-order valence-electron chi connectivity index (χ1n) is 20.6. The zero-order chi connectivity index (χ0) is 39.4. The van der Waals surface area contributed by atoms with Crippen molar-refractivity contribution in [3.8, 4) is 0 Å². The topological polar surface area (TPSA) is 6.48 Å². The minimum atomic E-state index is 0.327. The van der Waals surface area contributed by atoms with Crippen molar-refractivity contribution in [3.05, 3.63) is 167 Å². The molecule has 0 atom stereocenters. The predicted molar refractivity (Wildman–Crippen MR) is 245 cm³/mol. The van der Waals surface area contributed by atoms with E-state index in [1.165, 1.54) is 99.8 Å². The highest BCUT2D eigenvalue weighted by Gasteiger charge is 2.26. The number of hydrogen-bond acceptors (Lipinski definition) is 2. The van der Waals surface area contributed by atoms with Crippen LogP contribution in [0.2, 0.25) is 0 Å². The predicted octanol–water partition coefficient (Wildman–Crippen LogP) is 16.6. The normalized spacial score (nSPS) is 12.0. The second-order valence-electron chi connectivity index (χ2n) is 17.2. The van der Waals surface area contributed by atoms with E-state index < -0.39 is 0 Å². The molecule has 0 amide bonds. The third-order valence-corrected chi connectivity index (χ3v) is 11.8. The number of nitrogens with zero attached hydrogens (tertiary/aromatic N) is 2. The molecule has 0 unspecified atom stereocenters. The van der Waals surface area contributed by atoms with E-state index in [-0.39, 0.29) is 0 Å². The van der Waals surface area contributed by atoms with Gasteiger partial charge in [0, 0.05) is 33.5 Å². The molecule has 0 N–H and O–H groups in total. The van der Waals surface area contributed by atoms with Crippen molar-refractivity contribution < 1.29 is 0 Å². The van der Waals surface area contributed by atoms with Crippen LogP contribution in [0.25, 0.3) is 32.3 Å². The van der Waals surface area contributed by atoms with Crippen molar-refractivity contribution in [3.63, 3.8) is 0 Å². The smallest absolute Gasteiger partial charge is 0.0543 e. The third-order valence-electron chi connectivity index (χ3n) is 11.8. The molecule has 8 aromatic rings. The van der Waals surface area contributed by atoms with E-state index in [4.69, 9.17) is 0 Å². The van der Waals surface area contributed by atoms with Crippen LogP contribution in [0.5, 0.6) is 0 Å². The third kappa shape index (κ3) is 6.60. The van der Waals surface area contributed by atoms with Crippen LogP contribution in [-0.4, -0.2) is 0 Å². The van der Waals surface area contributed by atoms with Crippen molar-refractivity contribution in [1.82, 2.24) is 0 Å². The molecule has 0 aliphatic heterocycles. The Labute approximate surface area is 334 Å². The maximum atomic E-state index is 2.49. The Morgan fingerprint density at radius 2 is 0.696 bits per heavy atom. The Bertz CT molecular complexity index is 2470. The molecule has 8 rings (SSSR count). The van der Waals surface area contributed by atoms with Crippen molar-refractivity contribution in [2.24, 2.45) is 0 Å². The summed E-state index contributed by atoms with van der Waals surface area (Å²) in [5.74, 6) is 1.59. The van der Waals surface area contributed by atoms with Crippen LogP contribution in [0.3, 0.4) is 0 Å². The monoisotopic (exact) mass is 732 g/mol. The van der Waals surface area contributed by atoms with Crippen molar-refractivity contribution >= 4 is 66.4 Å². The lowest BCUT2D eigenvalue weighted by Gasteiger charge is -2.32. The lowest BCUT2D eigenvalue weighted by atomic mass is 9.84. The summed E-state index contributed by atoms with van der Waals surface area (Å²) in [7, 11) is 0. The molecule has 8 aromatic carbocycles. The SMILES string of the molecule is Cc1cccc(N(c2ccc(C(C)C)cc2)c2cc(C(C)C)c3ccc4c(N(c5ccc(C(C)C)cc5)c5cccc(C)c5)cc(C(C)C)c5ccc2c3c54)c1. The van der Waals surface area contributed by atoms with Crippen molar-refractivity contribution in [1.29, 1.82) is 0 Å². The molecule has 2 heteroatoms. The van der Waals surface area contributed by atoms with E-state index in [2.05, 4.69) is 212 Å². The average molecular weight is 733 g/mol. The van der Waals surface area contributed by atoms with E-state index >= 15 is 0 Å². The van der Waals surface area contributed by atoms with Gasteiger partial charge in [0.2, 0.25) is 0 Å². The molecule has 2 nitrogen and oxygen atoms in total. The Kier molecular flexibility index (Phi) is 9.87. The van der Waals surface area contributed by atoms with Gasteiger partial charge in [0.15, 0.2) is 0 Å². The number of rotatable bonds is 10. The highest BCUT2D eigenvalue weighted by Crippen LogP contribution is 2.51. The van der Waals surface area contributed by atoms with Crippen LogP contribution in [0.4, 0.5) is 34.1 Å². The summed E-state index contributed by atoms with van der Waals surface area (Å²) < 4.78 is 0. The second-order valence-corrected chi connectivity index (χ2v) is 17.2. The molecule has 0 bridgehead atoms. The summed E-state index contributed by atoms with van der Waals surface area (Å²) in [5, 5.41) is 7.92. The van der Waals surface area contributed by atoms with Gasteiger partial charge in [-0.3, -0.25) is 0 Å². The van der Waals surface area contributed by atoms with E-state index in [9.17, 15) is 0 Å². The fourth-order valence-corrected chi connectivity index (χ4v) is 8.74. The maximum Gasteiger partial charge on any atom is 0.0543 e. The summed E-state index contributed by atoms with van der Waals surface area (Å²) in [6, 6.07) is 51.0. The highest BCUT2D eigenvalue weighted by molar-refractivity contribution is 6.29. The van der Waals surface area contributed by atoms with Crippen LogP contribution in [0.15, 0.2) is 133 Å². The van der Waals surface area contributed by atoms with Crippen LogP contribution < -0.4 is 9.80 Å². The molecule has 56 heavy (non-hydrogen) atoms. The quantitative estimate of drug-likeness (QED) is 0.129. The average Bonchev–Trinajstić information content (AvgIpc) is 3.18. The van der Waals surface area contributed by atoms with Gasteiger partial charge in [-0.15, -0.1) is 0 Å². The van der Waals surface area contributed by atoms with Gasteiger partial charge in [0.05, 0.1) is 11.4 Å². The van der Waals surface area contributed by atoms with Gasteiger partial charge in [-0.1, -0.05) is 128 Å². The molecule has 0 spiro atoms. The lowest BCUT2D eigenvalue weighted by Crippen LogP contribution is -2.13. The standard InChI is InChI=1S/C54H56N2/c1-33(2)39-17-21-41(22-18-39)55(43-15-11-13-37(9)29-43)51-31-49(35(5)6)45-26-28-48-52(32-50(36(7)8)46-25-27-47(51)53(45)54(46)48)56(44-16-12-14-38(10)30-44)42-23-19-40(20-24-42)34(3)4/h11-36H,1-10H3. The lowest BCUT2D eigenvalue weighted by molar-refractivity contribution is 0.866. The first kappa shape index (κ1) is 37.3. The Hall–Kier alpha value is -5.60. The van der Waals surface area contributed by atoms with Crippen LogP contribution >= 0.6 is 0 Å². The molecule has 0 heterocycles. The van der Waals surface area contributed by atoms with Gasteiger partial charge in [0.25, 0.3) is 0 Å². The highest BCUT2D eigenvalue weighted by atomic mass is 15.1. The number of benzene rings is 8. The molecular formula is C54H56N2. The minimum absolute atomic E-state index is 0.327. The van der Waals surface area contributed by atoms with Gasteiger partial charge in [-0.2, -0.15) is 0 Å². The molecule has 0 saturated heterocycles. The Morgan fingerprint density at radius 1 is 0.339 bits per heavy atom. The fourth-order valence-electron chi connectivity index (χ4n) is 8.74. The molecule has 0 aliphatic rings. The molecule has 0 aromatic heterocycles. The summed E-state index contributed by atoms with van der Waals surface area (Å²) in [5.41, 5.74) is 15.1. The van der Waals surface area contributed by atoms with Crippen molar-refractivity contribution in [2.75, 3.05) is 9.80 Å². The number of hydrogen-bond donors (Lipinski definition) is 0. The van der Waals surface area contributed by atoms with E-state index in [1.807, 2.05) is 0 Å². The van der Waals surface area contributed by atoms with Crippen LogP contribution in [-0.2, 0) is 0 Å². The summed E-state index contributed by atoms with van der Waals surface area (Å²) in [4.78, 5) is 4.99. The summed E-state index contributed by atoms with van der Waals surface area (Å²) in [6.45, 7) is 22.8. The fraction of sp³-hybridized carbons (Fsp3) is 0.259. The summed E-state index contributed by atoms with van der Waals surface area (Å²) >= 11 is 0. The maximum absolute atomic E-state index is 2.49. The van der Waals surface area contributed by atoms with Crippen LogP contribution in [0, 0.1) is 13.8 Å². The molecule has 0 fully saturated rings. The van der Waals surface area contributed by atoms with E-state index in [0.29, 0.717) is 23.7 Å².